The fraction of sp³-hybridized carbons (Fsp3) is 0.478. The molecule has 0 N–H and O–H groups in total. The lowest BCUT2D eigenvalue weighted by Crippen LogP contribution is -2.58. The monoisotopic (exact) mass is 423 g/mol. The number of fused-ring (bicyclic) bond motifs is 1. The van der Waals surface area contributed by atoms with Crippen molar-refractivity contribution in [2.75, 3.05) is 36.0 Å². The number of benzene rings is 1. The van der Waals surface area contributed by atoms with Crippen LogP contribution in [0.5, 0.6) is 5.75 Å². The smallest absolute Gasteiger partial charge is 0.268 e. The summed E-state index contributed by atoms with van der Waals surface area (Å²) >= 11 is 0. The first-order valence-electron chi connectivity index (χ1n) is 10.9. The van der Waals surface area contributed by atoms with E-state index in [1.807, 2.05) is 49.1 Å². The number of para-hydroxylation sites is 2. The Labute approximate surface area is 182 Å². The molecule has 1 fully saturated rings. The molecular formula is C23H29N5O3. The highest BCUT2D eigenvalue weighted by atomic mass is 16.5. The van der Waals surface area contributed by atoms with Gasteiger partial charge in [0.15, 0.2) is 6.10 Å². The Morgan fingerprint density at radius 3 is 2.61 bits per heavy atom. The zero-order valence-corrected chi connectivity index (χ0v) is 18.5. The van der Waals surface area contributed by atoms with Crippen LogP contribution in [0, 0.1) is 6.92 Å². The summed E-state index contributed by atoms with van der Waals surface area (Å²) in [5.74, 6) is 2.13. The van der Waals surface area contributed by atoms with Gasteiger partial charge in [0.05, 0.1) is 5.69 Å². The third-order valence-corrected chi connectivity index (χ3v) is 5.88. The number of carbonyl (C=O) groups excluding carboxylic acids is 2. The molecule has 31 heavy (non-hydrogen) atoms. The van der Waals surface area contributed by atoms with Crippen molar-refractivity contribution < 1.29 is 14.3 Å². The molecule has 0 aliphatic carbocycles. The van der Waals surface area contributed by atoms with E-state index in [1.54, 1.807) is 18.7 Å². The maximum atomic E-state index is 13.3. The number of hydrogen-bond donors (Lipinski definition) is 0. The molecule has 2 amide bonds. The van der Waals surface area contributed by atoms with Gasteiger partial charge in [-0.15, -0.1) is 0 Å². The van der Waals surface area contributed by atoms with Crippen molar-refractivity contribution >= 4 is 23.3 Å². The second-order valence-corrected chi connectivity index (χ2v) is 8.06. The predicted octanol–water partition coefficient (Wildman–Crippen LogP) is 2.20. The minimum absolute atomic E-state index is 0.0509. The van der Waals surface area contributed by atoms with Gasteiger partial charge in [0, 0.05) is 44.4 Å². The van der Waals surface area contributed by atoms with Crippen LogP contribution >= 0.6 is 0 Å². The van der Waals surface area contributed by atoms with Gasteiger partial charge in [0.25, 0.3) is 5.91 Å². The first kappa shape index (κ1) is 21.1. The number of rotatable bonds is 4. The van der Waals surface area contributed by atoms with Gasteiger partial charge < -0.3 is 14.5 Å². The van der Waals surface area contributed by atoms with Crippen molar-refractivity contribution in [3.05, 3.63) is 41.9 Å². The summed E-state index contributed by atoms with van der Waals surface area (Å²) in [6.07, 6.45) is 0.175. The highest BCUT2D eigenvalue weighted by molar-refractivity contribution is 6.05. The largest absolute Gasteiger partial charge is 0.479 e. The number of ether oxygens (including phenoxy) is 1. The first-order chi connectivity index (χ1) is 14.9. The van der Waals surface area contributed by atoms with Crippen LogP contribution in [0.2, 0.25) is 0 Å². The average molecular weight is 424 g/mol. The SMILES string of the molecule is CCc1nc(C)cc(N2CCN(C(=O)[C@H](C)N3C(=O)[C@@H](C)Oc4ccccc43)CC2)n1. The molecule has 2 aliphatic heterocycles. The van der Waals surface area contributed by atoms with Crippen molar-refractivity contribution in [2.24, 2.45) is 0 Å². The molecule has 0 radical (unpaired) electrons. The van der Waals surface area contributed by atoms with Crippen molar-refractivity contribution in [1.29, 1.82) is 0 Å². The minimum Gasteiger partial charge on any atom is -0.479 e. The lowest BCUT2D eigenvalue weighted by atomic mass is 10.1. The van der Waals surface area contributed by atoms with Crippen LogP contribution in [-0.4, -0.2) is 65.0 Å². The van der Waals surface area contributed by atoms with Crippen LogP contribution in [0.1, 0.15) is 32.3 Å². The second kappa shape index (κ2) is 8.53. The Kier molecular flexibility index (Phi) is 5.80. The van der Waals surface area contributed by atoms with Gasteiger partial charge in [-0.05, 0) is 32.9 Å². The maximum absolute atomic E-state index is 13.3. The molecule has 2 aromatic rings. The summed E-state index contributed by atoms with van der Waals surface area (Å²) < 4.78 is 5.71. The molecule has 1 aromatic heterocycles. The number of hydrogen-bond acceptors (Lipinski definition) is 6. The molecule has 2 aliphatic rings. The van der Waals surface area contributed by atoms with E-state index >= 15 is 0 Å². The van der Waals surface area contributed by atoms with E-state index in [0.717, 1.165) is 23.8 Å². The van der Waals surface area contributed by atoms with Gasteiger partial charge in [-0.3, -0.25) is 14.5 Å². The number of carbonyl (C=O) groups is 2. The Hall–Kier alpha value is -3.16. The molecule has 1 aromatic carbocycles. The molecule has 3 heterocycles. The third kappa shape index (κ3) is 4.06. The van der Waals surface area contributed by atoms with E-state index in [9.17, 15) is 9.59 Å². The van der Waals surface area contributed by atoms with Gasteiger partial charge >= 0.3 is 0 Å². The van der Waals surface area contributed by atoms with Crippen LogP contribution < -0.4 is 14.5 Å². The summed E-state index contributed by atoms with van der Waals surface area (Å²) in [5, 5.41) is 0. The summed E-state index contributed by atoms with van der Waals surface area (Å²) in [4.78, 5) is 40.9. The first-order valence-corrected chi connectivity index (χ1v) is 10.9. The normalized spacial score (nSPS) is 19.7. The molecule has 8 nitrogen and oxygen atoms in total. The second-order valence-electron chi connectivity index (χ2n) is 8.06. The minimum atomic E-state index is -0.615. The Morgan fingerprint density at radius 2 is 1.90 bits per heavy atom. The van der Waals surface area contributed by atoms with E-state index in [0.29, 0.717) is 37.6 Å². The molecule has 0 spiro atoms. The molecule has 1 saturated heterocycles. The predicted molar refractivity (Wildman–Crippen MR) is 118 cm³/mol. The lowest BCUT2D eigenvalue weighted by molar-refractivity contribution is -0.136. The highest BCUT2D eigenvalue weighted by Crippen LogP contribution is 2.35. The number of piperazine rings is 1. The highest BCUT2D eigenvalue weighted by Gasteiger charge is 2.38. The Morgan fingerprint density at radius 1 is 1.19 bits per heavy atom. The van der Waals surface area contributed by atoms with Gasteiger partial charge in [-0.1, -0.05) is 19.1 Å². The fourth-order valence-electron chi connectivity index (χ4n) is 4.17. The topological polar surface area (TPSA) is 78.9 Å². The van der Waals surface area contributed by atoms with Gasteiger partial charge in [-0.2, -0.15) is 0 Å². The van der Waals surface area contributed by atoms with Gasteiger partial charge in [0.1, 0.15) is 23.4 Å². The number of anilines is 2. The summed E-state index contributed by atoms with van der Waals surface area (Å²) in [6, 6.07) is 8.76. The molecule has 8 heteroatoms. The molecule has 4 rings (SSSR count). The van der Waals surface area contributed by atoms with Crippen LogP contribution in [0.4, 0.5) is 11.5 Å². The number of aromatic nitrogens is 2. The van der Waals surface area contributed by atoms with Crippen molar-refractivity contribution in [3.8, 4) is 5.75 Å². The molecule has 0 bridgehead atoms. The van der Waals surface area contributed by atoms with Crippen LogP contribution in [0.3, 0.4) is 0 Å². The number of aryl methyl sites for hydroxylation is 2. The van der Waals surface area contributed by atoms with E-state index in [2.05, 4.69) is 14.9 Å². The quantitative estimate of drug-likeness (QED) is 0.750. The van der Waals surface area contributed by atoms with Crippen LogP contribution in [0.25, 0.3) is 0 Å². The molecule has 164 valence electrons. The van der Waals surface area contributed by atoms with Gasteiger partial charge in [-0.25, -0.2) is 9.97 Å². The zero-order chi connectivity index (χ0) is 22.1. The van der Waals surface area contributed by atoms with E-state index < -0.39 is 12.1 Å². The average Bonchev–Trinajstić information content (AvgIpc) is 2.78. The zero-order valence-electron chi connectivity index (χ0n) is 18.5. The molecule has 2 atom stereocenters. The Bertz CT molecular complexity index is 987. The van der Waals surface area contributed by atoms with Crippen LogP contribution in [0.15, 0.2) is 30.3 Å². The summed E-state index contributed by atoms with van der Waals surface area (Å²) in [5.41, 5.74) is 1.60. The molecular weight excluding hydrogens is 394 g/mol. The number of nitrogens with zero attached hydrogens (tertiary/aromatic N) is 5. The van der Waals surface area contributed by atoms with Crippen molar-refractivity contribution in [2.45, 2.75) is 46.3 Å². The van der Waals surface area contributed by atoms with Crippen molar-refractivity contribution in [3.63, 3.8) is 0 Å². The molecule has 0 saturated carbocycles. The van der Waals surface area contributed by atoms with E-state index in [-0.39, 0.29) is 11.8 Å². The maximum Gasteiger partial charge on any atom is 0.268 e. The Balaban J connectivity index is 1.46. The standard InChI is InChI=1S/C23H29N5O3/c1-5-20-24-15(2)14-21(25-20)26-10-12-27(13-11-26)22(29)16(3)28-18-8-6-7-9-19(18)31-17(4)23(28)30/h6-9,14,16-17H,5,10-13H2,1-4H3/t16-,17+/m0/s1. The van der Waals surface area contributed by atoms with Crippen LogP contribution in [-0.2, 0) is 16.0 Å². The summed E-state index contributed by atoms with van der Waals surface area (Å²) in [7, 11) is 0. The number of amides is 2. The third-order valence-electron chi connectivity index (χ3n) is 5.88. The lowest BCUT2D eigenvalue weighted by Gasteiger charge is -2.40. The molecule has 0 unspecified atom stereocenters. The van der Waals surface area contributed by atoms with E-state index in [4.69, 9.17) is 4.74 Å². The van der Waals surface area contributed by atoms with Crippen molar-refractivity contribution in [1.82, 2.24) is 14.9 Å². The van der Waals surface area contributed by atoms with E-state index in [1.165, 1.54) is 0 Å². The van der Waals surface area contributed by atoms with Gasteiger partial charge in [0.2, 0.25) is 5.91 Å². The fourth-order valence-corrected chi connectivity index (χ4v) is 4.17. The summed E-state index contributed by atoms with van der Waals surface area (Å²) in [6.45, 7) is 10.1.